The van der Waals surface area contributed by atoms with Gasteiger partial charge >= 0.3 is 0 Å². The zero-order valence-electron chi connectivity index (χ0n) is 13.7. The highest BCUT2D eigenvalue weighted by Crippen LogP contribution is 2.42. The number of hydrogen-bond donors (Lipinski definition) is 1. The van der Waals surface area contributed by atoms with Gasteiger partial charge in [0.2, 0.25) is 0 Å². The fourth-order valence-electron chi connectivity index (χ4n) is 4.67. The van der Waals surface area contributed by atoms with Crippen molar-refractivity contribution in [3.05, 3.63) is 35.9 Å². The summed E-state index contributed by atoms with van der Waals surface area (Å²) in [4.78, 5) is 2.63. The Morgan fingerprint density at radius 2 is 1.70 bits per heavy atom. The predicted molar refractivity (Wildman–Crippen MR) is 87.9 cm³/mol. The Morgan fingerprint density at radius 3 is 2.35 bits per heavy atom. The van der Waals surface area contributed by atoms with E-state index in [0.717, 1.165) is 19.4 Å². The zero-order valence-corrected chi connectivity index (χ0v) is 13.7. The van der Waals surface area contributed by atoms with E-state index in [4.69, 9.17) is 9.47 Å². The van der Waals surface area contributed by atoms with Crippen molar-refractivity contribution in [2.24, 2.45) is 0 Å². The summed E-state index contributed by atoms with van der Waals surface area (Å²) in [6.45, 7) is 2.32. The highest BCUT2D eigenvalue weighted by atomic mass is 16.7. The molecule has 2 atom stereocenters. The van der Waals surface area contributed by atoms with Crippen LogP contribution < -0.4 is 0 Å². The number of fused-ring (bicyclic) bond motifs is 2. The van der Waals surface area contributed by atoms with E-state index in [1.165, 1.54) is 24.8 Å². The summed E-state index contributed by atoms with van der Waals surface area (Å²) in [6.07, 6.45) is 5.78. The summed E-state index contributed by atoms with van der Waals surface area (Å²) in [5.74, 6) is 0. The molecule has 1 aromatic carbocycles. The molecule has 0 amide bonds. The van der Waals surface area contributed by atoms with Crippen LogP contribution in [0.4, 0.5) is 0 Å². The Bertz CT molecular complexity index is 501. The first-order chi connectivity index (χ1) is 11.2. The molecular weight excluding hydrogens is 290 g/mol. The number of aliphatic hydroxyl groups is 1. The molecule has 3 heterocycles. The number of ether oxygens (including phenoxy) is 2. The molecule has 126 valence electrons. The lowest BCUT2D eigenvalue weighted by Gasteiger charge is -2.52. The van der Waals surface area contributed by atoms with Crippen LogP contribution >= 0.6 is 0 Å². The number of nitrogens with zero attached hydrogens (tertiary/aromatic N) is 1. The highest BCUT2D eigenvalue weighted by Gasteiger charge is 2.46. The van der Waals surface area contributed by atoms with Gasteiger partial charge < -0.3 is 14.6 Å². The minimum absolute atomic E-state index is 0.207. The molecule has 3 fully saturated rings. The molecule has 3 saturated heterocycles. The molecule has 2 bridgehead atoms. The van der Waals surface area contributed by atoms with E-state index in [0.29, 0.717) is 31.7 Å². The molecule has 0 aliphatic carbocycles. The van der Waals surface area contributed by atoms with Crippen molar-refractivity contribution < 1.29 is 14.6 Å². The van der Waals surface area contributed by atoms with Crippen molar-refractivity contribution >= 4 is 0 Å². The van der Waals surface area contributed by atoms with Crippen LogP contribution in [-0.4, -0.2) is 47.2 Å². The van der Waals surface area contributed by atoms with Gasteiger partial charge in [-0.2, -0.15) is 0 Å². The molecule has 1 aromatic rings. The van der Waals surface area contributed by atoms with Crippen LogP contribution in [0.25, 0.3) is 0 Å². The maximum atomic E-state index is 11.1. The van der Waals surface area contributed by atoms with Crippen molar-refractivity contribution in [2.75, 3.05) is 13.2 Å². The van der Waals surface area contributed by atoms with Crippen LogP contribution in [0.5, 0.6) is 0 Å². The van der Waals surface area contributed by atoms with Crippen LogP contribution in [0, 0.1) is 0 Å². The third-order valence-corrected chi connectivity index (χ3v) is 5.69. The van der Waals surface area contributed by atoms with E-state index in [2.05, 4.69) is 35.2 Å². The van der Waals surface area contributed by atoms with Crippen molar-refractivity contribution in [2.45, 2.75) is 69.0 Å². The molecule has 0 aromatic heterocycles. The zero-order chi connectivity index (χ0) is 15.7. The second-order valence-corrected chi connectivity index (χ2v) is 7.40. The Balaban J connectivity index is 1.45. The fraction of sp³-hybridized carbons (Fsp3) is 0.684. The predicted octanol–water partition coefficient (Wildman–Crippen LogP) is 2.70. The first-order valence-corrected chi connectivity index (χ1v) is 8.97. The molecule has 4 heteroatoms. The lowest BCUT2D eigenvalue weighted by Crippen LogP contribution is -2.58. The lowest BCUT2D eigenvalue weighted by atomic mass is 9.74. The Kier molecular flexibility index (Phi) is 4.41. The fourth-order valence-corrected chi connectivity index (χ4v) is 4.67. The maximum Gasteiger partial charge on any atom is 0.160 e. The van der Waals surface area contributed by atoms with Gasteiger partial charge in [0.05, 0.1) is 18.8 Å². The first kappa shape index (κ1) is 15.6. The van der Waals surface area contributed by atoms with E-state index in [1.807, 2.05) is 0 Å². The monoisotopic (exact) mass is 317 g/mol. The largest absolute Gasteiger partial charge is 0.390 e. The van der Waals surface area contributed by atoms with E-state index < -0.39 is 5.60 Å². The van der Waals surface area contributed by atoms with E-state index in [1.54, 1.807) is 0 Å². The molecule has 4 nitrogen and oxygen atoms in total. The minimum Gasteiger partial charge on any atom is -0.390 e. The van der Waals surface area contributed by atoms with Crippen LogP contribution in [0.15, 0.2) is 30.3 Å². The highest BCUT2D eigenvalue weighted by molar-refractivity contribution is 5.15. The number of hydrogen-bond acceptors (Lipinski definition) is 4. The van der Waals surface area contributed by atoms with Gasteiger partial charge in [-0.05, 0) is 31.2 Å². The first-order valence-electron chi connectivity index (χ1n) is 8.97. The van der Waals surface area contributed by atoms with Gasteiger partial charge in [0.1, 0.15) is 0 Å². The van der Waals surface area contributed by atoms with E-state index in [-0.39, 0.29) is 6.29 Å². The van der Waals surface area contributed by atoms with Crippen molar-refractivity contribution in [3.63, 3.8) is 0 Å². The van der Waals surface area contributed by atoms with Crippen molar-refractivity contribution in [1.82, 2.24) is 4.90 Å². The smallest absolute Gasteiger partial charge is 0.160 e. The number of benzene rings is 1. The SMILES string of the molecule is OC1(CC2OCCO2)CC2CCCC(C1)N2Cc1ccccc1. The van der Waals surface area contributed by atoms with Crippen molar-refractivity contribution in [3.8, 4) is 0 Å². The molecule has 0 saturated carbocycles. The maximum absolute atomic E-state index is 11.1. The van der Waals surface area contributed by atoms with Gasteiger partial charge in [-0.15, -0.1) is 0 Å². The van der Waals surface area contributed by atoms with Gasteiger partial charge in [-0.1, -0.05) is 36.8 Å². The topological polar surface area (TPSA) is 41.9 Å². The standard InChI is InChI=1S/C19H27NO3/c21-19(13-18-22-9-10-23-18)11-16-7-4-8-17(12-19)20(16)14-15-5-2-1-3-6-15/h1-3,5-6,16-18,21H,4,7-14H2. The molecule has 2 unspecified atom stereocenters. The quantitative estimate of drug-likeness (QED) is 0.927. The normalized spacial score (nSPS) is 35.5. The minimum atomic E-state index is -0.627. The number of rotatable bonds is 4. The Hall–Kier alpha value is -0.940. The van der Waals surface area contributed by atoms with Crippen LogP contribution in [0.1, 0.15) is 44.1 Å². The summed E-state index contributed by atoms with van der Waals surface area (Å²) in [5, 5.41) is 11.1. The van der Waals surface area contributed by atoms with Crippen LogP contribution in [0.2, 0.25) is 0 Å². The second kappa shape index (κ2) is 6.52. The summed E-state index contributed by atoms with van der Waals surface area (Å²) in [7, 11) is 0. The van der Waals surface area contributed by atoms with Crippen LogP contribution in [-0.2, 0) is 16.0 Å². The molecule has 0 spiro atoms. The summed E-state index contributed by atoms with van der Waals surface area (Å²) in [5.41, 5.74) is 0.745. The van der Waals surface area contributed by atoms with Gasteiger partial charge in [0.15, 0.2) is 6.29 Å². The van der Waals surface area contributed by atoms with E-state index in [9.17, 15) is 5.11 Å². The Labute approximate surface area is 138 Å². The molecule has 3 aliphatic rings. The molecular formula is C19H27NO3. The summed E-state index contributed by atoms with van der Waals surface area (Å²) < 4.78 is 11.1. The third kappa shape index (κ3) is 3.45. The molecule has 4 rings (SSSR count). The van der Waals surface area contributed by atoms with Crippen LogP contribution in [0.3, 0.4) is 0 Å². The average Bonchev–Trinajstić information content (AvgIpc) is 3.02. The third-order valence-electron chi connectivity index (χ3n) is 5.69. The second-order valence-electron chi connectivity index (χ2n) is 7.40. The Morgan fingerprint density at radius 1 is 1.04 bits per heavy atom. The molecule has 23 heavy (non-hydrogen) atoms. The van der Waals surface area contributed by atoms with Crippen molar-refractivity contribution in [1.29, 1.82) is 0 Å². The van der Waals surface area contributed by atoms with Gasteiger partial charge in [-0.25, -0.2) is 0 Å². The van der Waals surface area contributed by atoms with Gasteiger partial charge in [-0.3, -0.25) is 4.90 Å². The molecule has 0 radical (unpaired) electrons. The molecule has 3 aliphatic heterocycles. The average molecular weight is 317 g/mol. The summed E-state index contributed by atoms with van der Waals surface area (Å²) >= 11 is 0. The number of piperidine rings is 2. The molecule has 1 N–H and O–H groups in total. The lowest BCUT2D eigenvalue weighted by molar-refractivity contribution is -0.147. The van der Waals surface area contributed by atoms with E-state index >= 15 is 0 Å². The summed E-state index contributed by atoms with van der Waals surface area (Å²) in [6, 6.07) is 11.7. The van der Waals surface area contributed by atoms with Gasteiger partial charge in [0, 0.05) is 25.0 Å². The van der Waals surface area contributed by atoms with Gasteiger partial charge in [0.25, 0.3) is 0 Å².